The van der Waals surface area contributed by atoms with Crippen LogP contribution in [0, 0.1) is 5.92 Å². The number of hydrogen-bond acceptors (Lipinski definition) is 3. The van der Waals surface area contributed by atoms with E-state index in [1.165, 1.54) is 0 Å². The summed E-state index contributed by atoms with van der Waals surface area (Å²) in [4.78, 5) is 0. The van der Waals surface area contributed by atoms with Crippen LogP contribution in [-0.2, 0) is 10.0 Å². The zero-order chi connectivity index (χ0) is 10.8. The summed E-state index contributed by atoms with van der Waals surface area (Å²) in [6, 6.07) is 0.415. The fourth-order valence-corrected chi connectivity index (χ4v) is 3.57. The summed E-state index contributed by atoms with van der Waals surface area (Å²) in [5, 5.41) is 3.22. The van der Waals surface area contributed by atoms with Crippen molar-refractivity contribution in [3.05, 3.63) is 0 Å². The molecule has 0 bridgehead atoms. The van der Waals surface area contributed by atoms with Crippen LogP contribution < -0.4 is 5.32 Å². The van der Waals surface area contributed by atoms with Gasteiger partial charge in [-0.25, -0.2) is 12.7 Å². The van der Waals surface area contributed by atoms with E-state index in [2.05, 4.69) is 19.2 Å². The summed E-state index contributed by atoms with van der Waals surface area (Å²) in [6.45, 7) is 8.12. The van der Waals surface area contributed by atoms with Gasteiger partial charge in [0.05, 0.1) is 5.75 Å². The molecule has 0 amide bonds. The second kappa shape index (κ2) is 4.59. The zero-order valence-electron chi connectivity index (χ0n) is 9.16. The Bertz CT molecular complexity index is 275. The molecule has 1 fully saturated rings. The topological polar surface area (TPSA) is 49.4 Å². The van der Waals surface area contributed by atoms with E-state index in [4.69, 9.17) is 0 Å². The van der Waals surface area contributed by atoms with Gasteiger partial charge < -0.3 is 5.32 Å². The Kier molecular flexibility index (Phi) is 3.92. The van der Waals surface area contributed by atoms with Crippen LogP contribution in [0.15, 0.2) is 0 Å². The second-order valence-corrected chi connectivity index (χ2v) is 6.36. The third kappa shape index (κ3) is 3.22. The highest BCUT2D eigenvalue weighted by Crippen LogP contribution is 2.17. The first-order chi connectivity index (χ1) is 6.42. The van der Waals surface area contributed by atoms with E-state index in [9.17, 15) is 8.42 Å². The number of rotatable bonds is 4. The molecule has 0 aliphatic carbocycles. The maximum Gasteiger partial charge on any atom is 0.214 e. The third-order valence-corrected chi connectivity index (χ3v) is 4.43. The van der Waals surface area contributed by atoms with Crippen LogP contribution in [0.4, 0.5) is 0 Å². The highest BCUT2D eigenvalue weighted by atomic mass is 32.2. The molecule has 5 heteroatoms. The van der Waals surface area contributed by atoms with Gasteiger partial charge in [0.25, 0.3) is 0 Å². The van der Waals surface area contributed by atoms with Crippen LogP contribution in [-0.4, -0.2) is 44.2 Å². The fourth-order valence-electron chi connectivity index (χ4n) is 1.69. The lowest BCUT2D eigenvalue weighted by Gasteiger charge is -2.15. The highest BCUT2D eigenvalue weighted by molar-refractivity contribution is 7.89. The summed E-state index contributed by atoms with van der Waals surface area (Å²) >= 11 is 0. The maximum atomic E-state index is 11.5. The predicted molar refractivity (Wildman–Crippen MR) is 57.7 cm³/mol. The number of sulfonamides is 1. The van der Waals surface area contributed by atoms with Crippen molar-refractivity contribution in [2.45, 2.75) is 26.8 Å². The van der Waals surface area contributed by atoms with Gasteiger partial charge in [0.15, 0.2) is 0 Å². The largest absolute Gasteiger partial charge is 0.313 e. The van der Waals surface area contributed by atoms with Crippen molar-refractivity contribution in [3.8, 4) is 0 Å². The van der Waals surface area contributed by atoms with E-state index in [0.29, 0.717) is 24.9 Å². The Labute approximate surface area is 86.7 Å². The van der Waals surface area contributed by atoms with E-state index in [-0.39, 0.29) is 5.92 Å². The van der Waals surface area contributed by atoms with E-state index in [1.54, 1.807) is 4.31 Å². The molecule has 4 nitrogen and oxygen atoms in total. The first kappa shape index (κ1) is 11.9. The van der Waals surface area contributed by atoms with E-state index >= 15 is 0 Å². The number of nitrogens with one attached hydrogen (secondary N) is 1. The van der Waals surface area contributed by atoms with E-state index < -0.39 is 10.0 Å². The van der Waals surface area contributed by atoms with Gasteiger partial charge in [-0.1, -0.05) is 20.8 Å². The Morgan fingerprint density at radius 2 is 2.14 bits per heavy atom. The lowest BCUT2D eigenvalue weighted by molar-refractivity contribution is 0.399. The average molecular weight is 220 g/mol. The van der Waals surface area contributed by atoms with Crippen LogP contribution in [0.2, 0.25) is 0 Å². The predicted octanol–water partition coefficient (Wildman–Crippen LogP) is 0.266. The minimum Gasteiger partial charge on any atom is -0.313 e. The van der Waals surface area contributed by atoms with E-state index in [1.807, 2.05) is 6.92 Å². The summed E-state index contributed by atoms with van der Waals surface area (Å²) in [5.74, 6) is 0.591. The lowest BCUT2D eigenvalue weighted by Crippen LogP contribution is -2.35. The smallest absolute Gasteiger partial charge is 0.214 e. The molecular weight excluding hydrogens is 200 g/mol. The summed E-state index contributed by atoms with van der Waals surface area (Å²) in [5.41, 5.74) is 0. The normalized spacial score (nSPS) is 27.3. The molecule has 0 saturated carbocycles. The average Bonchev–Trinajstić information content (AvgIpc) is 2.24. The molecule has 0 aromatic heterocycles. The number of nitrogens with zero attached hydrogens (tertiary/aromatic N) is 1. The summed E-state index contributed by atoms with van der Waals surface area (Å²) < 4.78 is 24.7. The Balaban J connectivity index is 2.38. The molecular formula is C9H20N2O2S. The van der Waals surface area contributed by atoms with Crippen LogP contribution in [0.3, 0.4) is 0 Å². The highest BCUT2D eigenvalue weighted by Gasteiger charge is 2.32. The second-order valence-electron chi connectivity index (χ2n) is 4.35. The van der Waals surface area contributed by atoms with Crippen molar-refractivity contribution in [3.63, 3.8) is 0 Å². The molecule has 0 radical (unpaired) electrons. The molecule has 1 saturated heterocycles. The summed E-state index contributed by atoms with van der Waals surface area (Å²) in [7, 11) is -2.94. The zero-order valence-corrected chi connectivity index (χ0v) is 9.97. The Morgan fingerprint density at radius 1 is 1.50 bits per heavy atom. The molecule has 1 rings (SSSR count). The fraction of sp³-hybridized carbons (Fsp3) is 1.00. The monoisotopic (exact) mass is 220 g/mol. The molecule has 0 spiro atoms. The lowest BCUT2D eigenvalue weighted by atomic mass is 10.2. The van der Waals surface area contributed by atoms with Crippen molar-refractivity contribution in [1.82, 2.24) is 9.62 Å². The van der Waals surface area contributed by atoms with Gasteiger partial charge in [-0.05, 0) is 5.92 Å². The molecule has 1 aliphatic rings. The van der Waals surface area contributed by atoms with Crippen molar-refractivity contribution in [1.29, 1.82) is 0 Å². The molecule has 14 heavy (non-hydrogen) atoms. The van der Waals surface area contributed by atoms with Crippen LogP contribution in [0.25, 0.3) is 0 Å². The van der Waals surface area contributed by atoms with Gasteiger partial charge in [0, 0.05) is 25.7 Å². The Hall–Kier alpha value is -0.130. The van der Waals surface area contributed by atoms with Crippen molar-refractivity contribution >= 4 is 10.0 Å². The van der Waals surface area contributed by atoms with Crippen molar-refractivity contribution in [2.75, 3.05) is 25.4 Å². The third-order valence-electron chi connectivity index (χ3n) is 2.32. The van der Waals surface area contributed by atoms with Crippen LogP contribution in [0.5, 0.6) is 0 Å². The SMILES string of the molecule is CC1CN(CCNC(C)C)S(=O)(=O)C1. The minimum absolute atomic E-state index is 0.277. The number of hydrogen-bond donors (Lipinski definition) is 1. The molecule has 0 aromatic carbocycles. The first-order valence-electron chi connectivity index (χ1n) is 5.13. The van der Waals surface area contributed by atoms with Gasteiger partial charge in [0.1, 0.15) is 0 Å². The van der Waals surface area contributed by atoms with Crippen LogP contribution in [0.1, 0.15) is 20.8 Å². The molecule has 1 unspecified atom stereocenters. The maximum absolute atomic E-state index is 11.5. The van der Waals surface area contributed by atoms with Gasteiger partial charge >= 0.3 is 0 Å². The standard InChI is InChI=1S/C9H20N2O2S/c1-8(2)10-4-5-11-6-9(3)7-14(11,12)13/h8-10H,4-7H2,1-3H3. The van der Waals surface area contributed by atoms with E-state index in [0.717, 1.165) is 6.54 Å². The molecule has 1 aliphatic heterocycles. The van der Waals surface area contributed by atoms with Gasteiger partial charge in [-0.2, -0.15) is 0 Å². The quantitative estimate of drug-likeness (QED) is 0.739. The Morgan fingerprint density at radius 3 is 2.57 bits per heavy atom. The van der Waals surface area contributed by atoms with Crippen LogP contribution >= 0.6 is 0 Å². The van der Waals surface area contributed by atoms with Gasteiger partial charge in [-0.3, -0.25) is 0 Å². The van der Waals surface area contributed by atoms with Crippen molar-refractivity contribution < 1.29 is 8.42 Å². The molecule has 0 aromatic rings. The first-order valence-corrected chi connectivity index (χ1v) is 6.74. The van der Waals surface area contributed by atoms with Crippen molar-refractivity contribution in [2.24, 2.45) is 5.92 Å². The molecule has 84 valence electrons. The van der Waals surface area contributed by atoms with Gasteiger partial charge in [0.2, 0.25) is 10.0 Å². The summed E-state index contributed by atoms with van der Waals surface area (Å²) in [6.07, 6.45) is 0. The van der Waals surface area contributed by atoms with Gasteiger partial charge in [-0.15, -0.1) is 0 Å². The minimum atomic E-state index is -2.94. The molecule has 1 atom stereocenters. The molecule has 1 N–H and O–H groups in total. The molecule has 1 heterocycles.